The SMILES string of the molecule is COC(=O)c1cccc(C(=O)c2c(-c3cccnc3)nn3cc(C)ccc23)n1. The van der Waals surface area contributed by atoms with Gasteiger partial charge in [0.05, 0.1) is 18.2 Å². The summed E-state index contributed by atoms with van der Waals surface area (Å²) in [7, 11) is 1.27. The van der Waals surface area contributed by atoms with E-state index in [1.165, 1.54) is 13.2 Å². The molecule has 0 aliphatic rings. The van der Waals surface area contributed by atoms with Crippen LogP contribution in [0.25, 0.3) is 16.8 Å². The van der Waals surface area contributed by atoms with Gasteiger partial charge in [-0.1, -0.05) is 12.1 Å². The highest BCUT2D eigenvalue weighted by Gasteiger charge is 2.24. The van der Waals surface area contributed by atoms with E-state index in [1.54, 1.807) is 35.1 Å². The van der Waals surface area contributed by atoms with E-state index in [1.807, 2.05) is 31.3 Å². The summed E-state index contributed by atoms with van der Waals surface area (Å²) in [4.78, 5) is 33.5. The number of methoxy groups -OCH3 is 1. The monoisotopic (exact) mass is 372 g/mol. The van der Waals surface area contributed by atoms with Crippen molar-refractivity contribution in [2.45, 2.75) is 6.92 Å². The molecule has 0 N–H and O–H groups in total. The summed E-state index contributed by atoms with van der Waals surface area (Å²) < 4.78 is 6.38. The molecular weight excluding hydrogens is 356 g/mol. The van der Waals surface area contributed by atoms with Gasteiger partial charge in [0, 0.05) is 24.2 Å². The van der Waals surface area contributed by atoms with Crippen LogP contribution in [0.2, 0.25) is 0 Å². The summed E-state index contributed by atoms with van der Waals surface area (Å²) in [5, 5.41) is 4.60. The fraction of sp³-hybridized carbons (Fsp3) is 0.0952. The number of aromatic nitrogens is 4. The number of nitrogens with zero attached hydrogens (tertiary/aromatic N) is 4. The largest absolute Gasteiger partial charge is 0.464 e. The van der Waals surface area contributed by atoms with E-state index >= 15 is 0 Å². The van der Waals surface area contributed by atoms with Gasteiger partial charge in [0.15, 0.2) is 0 Å². The molecule has 7 heteroatoms. The van der Waals surface area contributed by atoms with E-state index in [0.29, 0.717) is 16.8 Å². The Morgan fingerprint density at radius 3 is 2.61 bits per heavy atom. The van der Waals surface area contributed by atoms with E-state index in [2.05, 4.69) is 15.1 Å². The molecule has 7 nitrogen and oxygen atoms in total. The third kappa shape index (κ3) is 3.03. The molecule has 0 spiro atoms. The first-order chi connectivity index (χ1) is 13.6. The molecular formula is C21H16N4O3. The lowest BCUT2D eigenvalue weighted by molar-refractivity contribution is 0.0594. The molecule has 4 heterocycles. The Balaban J connectivity index is 1.92. The smallest absolute Gasteiger partial charge is 0.356 e. The van der Waals surface area contributed by atoms with Crippen molar-refractivity contribution >= 4 is 17.3 Å². The second-order valence-corrected chi connectivity index (χ2v) is 6.23. The topological polar surface area (TPSA) is 86.5 Å². The first kappa shape index (κ1) is 17.5. The lowest BCUT2D eigenvalue weighted by atomic mass is 10.0. The predicted molar refractivity (Wildman–Crippen MR) is 102 cm³/mol. The lowest BCUT2D eigenvalue weighted by Crippen LogP contribution is -2.10. The maximum absolute atomic E-state index is 13.4. The first-order valence-electron chi connectivity index (χ1n) is 8.58. The van der Waals surface area contributed by atoms with Crippen molar-refractivity contribution in [2.75, 3.05) is 7.11 Å². The number of esters is 1. The number of pyridine rings is 3. The van der Waals surface area contributed by atoms with Gasteiger partial charge in [-0.3, -0.25) is 9.78 Å². The molecule has 0 atom stereocenters. The van der Waals surface area contributed by atoms with Crippen molar-refractivity contribution in [1.82, 2.24) is 19.6 Å². The summed E-state index contributed by atoms with van der Waals surface area (Å²) in [6.07, 6.45) is 5.17. The summed E-state index contributed by atoms with van der Waals surface area (Å²) in [5.41, 5.74) is 3.51. The minimum Gasteiger partial charge on any atom is -0.464 e. The minimum absolute atomic E-state index is 0.0728. The average Bonchev–Trinajstić information content (AvgIpc) is 3.11. The molecule has 0 bridgehead atoms. The van der Waals surface area contributed by atoms with Crippen LogP contribution in [0.1, 0.15) is 32.1 Å². The molecule has 0 unspecified atom stereocenters. The zero-order valence-corrected chi connectivity index (χ0v) is 15.3. The van der Waals surface area contributed by atoms with E-state index in [0.717, 1.165) is 11.1 Å². The molecule has 4 rings (SSSR count). The zero-order chi connectivity index (χ0) is 19.7. The van der Waals surface area contributed by atoms with Crippen LogP contribution in [0.4, 0.5) is 0 Å². The van der Waals surface area contributed by atoms with Crippen molar-refractivity contribution in [2.24, 2.45) is 0 Å². The summed E-state index contributed by atoms with van der Waals surface area (Å²) in [6, 6.07) is 12.1. The van der Waals surface area contributed by atoms with Gasteiger partial charge in [-0.05, 0) is 42.8 Å². The van der Waals surface area contributed by atoms with Crippen LogP contribution in [0.3, 0.4) is 0 Å². The molecule has 0 radical (unpaired) electrons. The minimum atomic E-state index is -0.599. The maximum Gasteiger partial charge on any atom is 0.356 e. The van der Waals surface area contributed by atoms with Gasteiger partial charge >= 0.3 is 5.97 Å². The van der Waals surface area contributed by atoms with Gasteiger partial charge in [-0.15, -0.1) is 0 Å². The number of ether oxygens (including phenoxy) is 1. The number of ketones is 1. The standard InChI is InChI=1S/C21H16N4O3/c1-13-8-9-17-18(19(24-25(17)12-13)14-5-4-10-22-11-14)20(26)15-6-3-7-16(23-15)21(27)28-2/h3-12H,1-2H3. The average molecular weight is 372 g/mol. The Hall–Kier alpha value is -3.87. The van der Waals surface area contributed by atoms with Gasteiger partial charge in [-0.2, -0.15) is 5.10 Å². The van der Waals surface area contributed by atoms with Gasteiger partial charge in [0.25, 0.3) is 0 Å². The lowest BCUT2D eigenvalue weighted by Gasteiger charge is -2.04. The summed E-state index contributed by atoms with van der Waals surface area (Å²) >= 11 is 0. The van der Waals surface area contributed by atoms with E-state index in [4.69, 9.17) is 4.74 Å². The van der Waals surface area contributed by atoms with Gasteiger partial charge in [0.2, 0.25) is 5.78 Å². The van der Waals surface area contributed by atoms with Crippen molar-refractivity contribution in [3.63, 3.8) is 0 Å². The maximum atomic E-state index is 13.4. The molecule has 0 aliphatic heterocycles. The molecule has 4 aromatic heterocycles. The fourth-order valence-electron chi connectivity index (χ4n) is 2.99. The van der Waals surface area contributed by atoms with Crippen molar-refractivity contribution < 1.29 is 14.3 Å². The predicted octanol–water partition coefficient (Wildman–Crippen LogP) is 3.12. The number of aryl methyl sites for hydroxylation is 1. The number of rotatable bonds is 4. The number of hydrogen-bond donors (Lipinski definition) is 0. The second-order valence-electron chi connectivity index (χ2n) is 6.23. The molecule has 0 fully saturated rings. The Labute approximate surface area is 160 Å². The quantitative estimate of drug-likeness (QED) is 0.404. The van der Waals surface area contributed by atoms with Gasteiger partial charge < -0.3 is 4.74 Å². The van der Waals surface area contributed by atoms with Crippen LogP contribution in [0, 0.1) is 6.92 Å². The van der Waals surface area contributed by atoms with Crippen LogP contribution in [-0.4, -0.2) is 38.4 Å². The Morgan fingerprint density at radius 2 is 1.86 bits per heavy atom. The summed E-state index contributed by atoms with van der Waals surface area (Å²) in [6.45, 7) is 1.95. The van der Waals surface area contributed by atoms with Crippen molar-refractivity contribution in [1.29, 1.82) is 0 Å². The highest BCUT2D eigenvalue weighted by Crippen LogP contribution is 2.28. The normalized spacial score (nSPS) is 10.8. The number of hydrogen-bond acceptors (Lipinski definition) is 6. The van der Waals surface area contributed by atoms with Crippen LogP contribution in [0.5, 0.6) is 0 Å². The molecule has 138 valence electrons. The van der Waals surface area contributed by atoms with E-state index < -0.39 is 5.97 Å². The van der Waals surface area contributed by atoms with Gasteiger partial charge in [-0.25, -0.2) is 14.3 Å². The van der Waals surface area contributed by atoms with Crippen LogP contribution >= 0.6 is 0 Å². The zero-order valence-electron chi connectivity index (χ0n) is 15.3. The van der Waals surface area contributed by atoms with Crippen molar-refractivity contribution in [3.8, 4) is 11.3 Å². The Kier molecular flexibility index (Phi) is 4.41. The molecule has 4 aromatic rings. The third-order valence-electron chi connectivity index (χ3n) is 4.32. The molecule has 0 saturated heterocycles. The second kappa shape index (κ2) is 7.03. The molecule has 0 aliphatic carbocycles. The number of fused-ring (bicyclic) bond motifs is 1. The van der Waals surface area contributed by atoms with Crippen LogP contribution in [0.15, 0.2) is 61.1 Å². The molecule has 28 heavy (non-hydrogen) atoms. The van der Waals surface area contributed by atoms with E-state index in [-0.39, 0.29) is 17.2 Å². The van der Waals surface area contributed by atoms with Gasteiger partial charge in [0.1, 0.15) is 17.1 Å². The highest BCUT2D eigenvalue weighted by atomic mass is 16.5. The highest BCUT2D eigenvalue weighted by molar-refractivity contribution is 6.16. The summed E-state index contributed by atoms with van der Waals surface area (Å²) in [5.74, 6) is -0.930. The molecule has 0 amide bonds. The number of carbonyl (C=O) groups is 2. The Morgan fingerprint density at radius 1 is 1.04 bits per heavy atom. The fourth-order valence-corrected chi connectivity index (χ4v) is 2.99. The number of carbonyl (C=O) groups excluding carboxylic acids is 2. The van der Waals surface area contributed by atoms with Crippen LogP contribution in [-0.2, 0) is 4.74 Å². The first-order valence-corrected chi connectivity index (χ1v) is 8.58. The molecule has 0 saturated carbocycles. The van der Waals surface area contributed by atoms with E-state index in [9.17, 15) is 9.59 Å². The molecule has 0 aromatic carbocycles. The van der Waals surface area contributed by atoms with Crippen LogP contribution < -0.4 is 0 Å². The third-order valence-corrected chi connectivity index (χ3v) is 4.32. The van der Waals surface area contributed by atoms with Crippen molar-refractivity contribution in [3.05, 3.63) is 83.6 Å². The Bertz CT molecular complexity index is 1200.